The van der Waals surface area contributed by atoms with Crippen LogP contribution in [0.5, 0.6) is 11.5 Å². The van der Waals surface area contributed by atoms with Crippen molar-refractivity contribution in [1.29, 1.82) is 0 Å². The van der Waals surface area contributed by atoms with Gasteiger partial charge >= 0.3 is 0 Å². The summed E-state index contributed by atoms with van der Waals surface area (Å²) in [7, 11) is 2.93. The summed E-state index contributed by atoms with van der Waals surface area (Å²) >= 11 is 3.34. The monoisotopic (exact) mass is 392 g/mol. The molecule has 7 heteroatoms. The van der Waals surface area contributed by atoms with Crippen molar-refractivity contribution in [2.75, 3.05) is 26.1 Å². The van der Waals surface area contributed by atoms with Crippen LogP contribution in [0.4, 0.5) is 5.69 Å². The standard InChI is InChI=1S/C17H17BrN2O4/c1-23-13-8-5-9-14(24-2)16(13)17(22)19-10-15(21)20-12-7-4-3-6-11(12)18/h3-9H,10H2,1-2H3,(H,19,22)(H,20,21). The normalized spacial score (nSPS) is 9.96. The van der Waals surface area contributed by atoms with Crippen molar-refractivity contribution in [2.45, 2.75) is 0 Å². The van der Waals surface area contributed by atoms with Gasteiger partial charge in [-0.25, -0.2) is 0 Å². The smallest absolute Gasteiger partial charge is 0.259 e. The van der Waals surface area contributed by atoms with Crippen LogP contribution in [-0.4, -0.2) is 32.6 Å². The number of hydrogen-bond donors (Lipinski definition) is 2. The Kier molecular flexibility index (Phi) is 6.20. The highest BCUT2D eigenvalue weighted by atomic mass is 79.9. The minimum absolute atomic E-state index is 0.179. The minimum atomic E-state index is -0.452. The van der Waals surface area contributed by atoms with E-state index in [4.69, 9.17) is 9.47 Å². The van der Waals surface area contributed by atoms with Crippen LogP contribution in [0.1, 0.15) is 10.4 Å². The van der Waals surface area contributed by atoms with Gasteiger partial charge in [0.1, 0.15) is 17.1 Å². The first kappa shape index (κ1) is 17.8. The highest BCUT2D eigenvalue weighted by molar-refractivity contribution is 9.10. The highest BCUT2D eigenvalue weighted by Gasteiger charge is 2.18. The molecule has 0 spiro atoms. The molecule has 0 aliphatic carbocycles. The van der Waals surface area contributed by atoms with Gasteiger partial charge in [0.15, 0.2) is 0 Å². The average molecular weight is 393 g/mol. The zero-order valence-electron chi connectivity index (χ0n) is 13.3. The predicted octanol–water partition coefficient (Wildman–Crippen LogP) is 2.83. The van der Waals surface area contributed by atoms with Crippen LogP contribution >= 0.6 is 15.9 Å². The van der Waals surface area contributed by atoms with Gasteiger partial charge in [-0.15, -0.1) is 0 Å². The summed E-state index contributed by atoms with van der Waals surface area (Å²) in [4.78, 5) is 24.4. The van der Waals surface area contributed by atoms with E-state index < -0.39 is 5.91 Å². The number of rotatable bonds is 6. The fourth-order valence-corrected chi connectivity index (χ4v) is 2.46. The van der Waals surface area contributed by atoms with Gasteiger partial charge in [0.2, 0.25) is 5.91 Å². The number of carbonyl (C=O) groups excluding carboxylic acids is 2. The number of methoxy groups -OCH3 is 2. The van der Waals surface area contributed by atoms with Crippen molar-refractivity contribution >= 4 is 33.4 Å². The van der Waals surface area contributed by atoms with Crippen LogP contribution in [-0.2, 0) is 4.79 Å². The third-order valence-electron chi connectivity index (χ3n) is 3.21. The van der Waals surface area contributed by atoms with Crippen LogP contribution in [0, 0.1) is 0 Å². The van der Waals surface area contributed by atoms with Crippen molar-refractivity contribution < 1.29 is 19.1 Å². The molecule has 2 aromatic rings. The summed E-state index contributed by atoms with van der Waals surface area (Å²) in [5.74, 6) is -0.0492. The molecule has 6 nitrogen and oxygen atoms in total. The van der Waals surface area contributed by atoms with Gasteiger partial charge in [-0.3, -0.25) is 9.59 Å². The zero-order chi connectivity index (χ0) is 17.5. The SMILES string of the molecule is COc1cccc(OC)c1C(=O)NCC(=O)Nc1ccccc1Br. The predicted molar refractivity (Wildman–Crippen MR) is 94.7 cm³/mol. The van der Waals surface area contributed by atoms with Gasteiger partial charge < -0.3 is 20.1 Å². The number of anilines is 1. The molecular formula is C17H17BrN2O4. The Balaban J connectivity index is 2.03. The fourth-order valence-electron chi connectivity index (χ4n) is 2.08. The Morgan fingerprint density at radius 3 is 2.21 bits per heavy atom. The Bertz CT molecular complexity index is 727. The maximum atomic E-state index is 12.4. The number of carbonyl (C=O) groups is 2. The third-order valence-corrected chi connectivity index (χ3v) is 3.90. The van der Waals surface area contributed by atoms with Gasteiger partial charge in [0, 0.05) is 4.47 Å². The molecule has 0 fully saturated rings. The summed E-state index contributed by atoms with van der Waals surface area (Å²) in [5.41, 5.74) is 0.878. The second-order valence-electron chi connectivity index (χ2n) is 4.75. The first-order valence-corrected chi connectivity index (χ1v) is 7.89. The zero-order valence-corrected chi connectivity index (χ0v) is 14.8. The van der Waals surface area contributed by atoms with E-state index in [0.717, 1.165) is 4.47 Å². The topological polar surface area (TPSA) is 76.7 Å². The summed E-state index contributed by atoms with van der Waals surface area (Å²) in [6, 6.07) is 12.2. The second kappa shape index (κ2) is 8.35. The Labute approximate surface area is 148 Å². The Morgan fingerprint density at radius 1 is 1.00 bits per heavy atom. The number of para-hydroxylation sites is 1. The Hall–Kier alpha value is -2.54. The van der Waals surface area contributed by atoms with Crippen molar-refractivity contribution in [3.8, 4) is 11.5 Å². The molecule has 2 amide bonds. The second-order valence-corrected chi connectivity index (χ2v) is 5.60. The molecule has 2 rings (SSSR count). The van der Waals surface area contributed by atoms with Crippen LogP contribution in [0.2, 0.25) is 0 Å². The minimum Gasteiger partial charge on any atom is -0.496 e. The van der Waals surface area contributed by atoms with Crippen molar-refractivity contribution in [3.63, 3.8) is 0 Å². The first-order chi connectivity index (χ1) is 11.6. The van der Waals surface area contributed by atoms with Gasteiger partial charge in [-0.05, 0) is 40.2 Å². The maximum Gasteiger partial charge on any atom is 0.259 e. The summed E-state index contributed by atoms with van der Waals surface area (Å²) in [5, 5.41) is 5.27. The quantitative estimate of drug-likeness (QED) is 0.792. The number of ether oxygens (including phenoxy) is 2. The van der Waals surface area contributed by atoms with Gasteiger partial charge in [-0.1, -0.05) is 18.2 Å². The van der Waals surface area contributed by atoms with Crippen molar-refractivity contribution in [1.82, 2.24) is 5.32 Å². The van der Waals surface area contributed by atoms with Gasteiger partial charge in [0.25, 0.3) is 5.91 Å². The molecule has 24 heavy (non-hydrogen) atoms. The molecule has 126 valence electrons. The van der Waals surface area contributed by atoms with Crippen molar-refractivity contribution in [2.24, 2.45) is 0 Å². The first-order valence-electron chi connectivity index (χ1n) is 7.10. The van der Waals surface area contributed by atoms with Crippen LogP contribution < -0.4 is 20.1 Å². The summed E-state index contributed by atoms with van der Waals surface area (Å²) in [6.07, 6.45) is 0. The third kappa shape index (κ3) is 4.26. The molecule has 0 saturated carbocycles. The van der Waals surface area contributed by atoms with Gasteiger partial charge in [-0.2, -0.15) is 0 Å². The molecule has 0 unspecified atom stereocenters. The summed E-state index contributed by atoms with van der Waals surface area (Å²) in [6.45, 7) is -0.179. The average Bonchev–Trinajstić information content (AvgIpc) is 2.60. The molecule has 2 aromatic carbocycles. The van der Waals surface area contributed by atoms with E-state index in [9.17, 15) is 9.59 Å². The molecule has 0 heterocycles. The van der Waals surface area contributed by atoms with E-state index in [1.807, 2.05) is 12.1 Å². The van der Waals surface area contributed by atoms with E-state index >= 15 is 0 Å². The summed E-state index contributed by atoms with van der Waals surface area (Å²) < 4.78 is 11.1. The molecule has 0 aliphatic rings. The number of nitrogens with one attached hydrogen (secondary N) is 2. The lowest BCUT2D eigenvalue weighted by Gasteiger charge is -2.13. The highest BCUT2D eigenvalue weighted by Crippen LogP contribution is 2.27. The van der Waals surface area contributed by atoms with Crippen LogP contribution in [0.15, 0.2) is 46.9 Å². The van der Waals surface area contributed by atoms with E-state index in [0.29, 0.717) is 17.2 Å². The number of halogens is 1. The Morgan fingerprint density at radius 2 is 1.62 bits per heavy atom. The molecule has 2 N–H and O–H groups in total. The molecule has 0 radical (unpaired) electrons. The molecular weight excluding hydrogens is 376 g/mol. The lowest BCUT2D eigenvalue weighted by molar-refractivity contribution is -0.115. The lowest BCUT2D eigenvalue weighted by Crippen LogP contribution is -2.33. The number of hydrogen-bond acceptors (Lipinski definition) is 4. The van der Waals surface area contributed by atoms with Crippen LogP contribution in [0.3, 0.4) is 0 Å². The molecule has 0 atom stereocenters. The van der Waals surface area contributed by atoms with Gasteiger partial charge in [0.05, 0.1) is 26.5 Å². The molecule has 0 aromatic heterocycles. The molecule has 0 aliphatic heterocycles. The van der Waals surface area contributed by atoms with E-state index in [-0.39, 0.29) is 18.0 Å². The lowest BCUT2D eigenvalue weighted by atomic mass is 10.1. The maximum absolute atomic E-state index is 12.4. The van der Waals surface area contributed by atoms with E-state index in [1.165, 1.54) is 14.2 Å². The number of amides is 2. The molecule has 0 saturated heterocycles. The van der Waals surface area contributed by atoms with Crippen LogP contribution in [0.25, 0.3) is 0 Å². The largest absolute Gasteiger partial charge is 0.496 e. The fraction of sp³-hybridized carbons (Fsp3) is 0.176. The van der Waals surface area contributed by atoms with E-state index in [2.05, 4.69) is 26.6 Å². The van der Waals surface area contributed by atoms with Crippen molar-refractivity contribution in [3.05, 3.63) is 52.5 Å². The van der Waals surface area contributed by atoms with E-state index in [1.54, 1.807) is 30.3 Å². The number of benzene rings is 2. The molecule has 0 bridgehead atoms.